The van der Waals surface area contributed by atoms with Crippen LogP contribution >= 0.6 is 0 Å². The molecular weight excluding hydrogens is 841 g/mol. The lowest BCUT2D eigenvalue weighted by Crippen LogP contribution is -2.60. The molecule has 65 heavy (non-hydrogen) atoms. The van der Waals surface area contributed by atoms with E-state index in [0.717, 1.165) is 18.1 Å². The van der Waals surface area contributed by atoms with Gasteiger partial charge in [0.1, 0.15) is 30.2 Å². The molecule has 7 amide bonds. The zero-order chi connectivity index (χ0) is 48.2. The second-order valence-corrected chi connectivity index (χ2v) is 17.0. The van der Waals surface area contributed by atoms with Crippen LogP contribution in [0.4, 0.5) is 0 Å². The van der Waals surface area contributed by atoms with Crippen molar-refractivity contribution in [2.45, 2.75) is 128 Å². The van der Waals surface area contributed by atoms with Crippen molar-refractivity contribution in [2.75, 3.05) is 26.8 Å². The largest absolute Gasteiger partial charge is 0.467 e. The highest BCUT2D eigenvalue weighted by atomic mass is 16.5. The number of hydrogen-bond acceptors (Lipinski definition) is 12. The van der Waals surface area contributed by atoms with E-state index in [1.54, 1.807) is 49.1 Å². The predicted octanol–water partition coefficient (Wildman–Crippen LogP) is -0.641. The maximum atomic E-state index is 14.0. The zero-order valence-electron chi connectivity index (χ0n) is 38.2. The third-order valence-electron chi connectivity index (χ3n) is 11.3. The number of methoxy groups -OCH3 is 1. The zero-order valence-corrected chi connectivity index (χ0v) is 38.2. The SMILES string of the molecule is CC[C@H](C)[C@H](NC(=O)C1CCCN1C[C@@H](O)[C@H](Cc1ccccc1)NC(=O)[C@H](CC(N)=O)NC(=O)[C@H](CC(C)C)NC(=O)[C@H](CO)NC(C)=O)C(=O)N[C@@H](Cc1ccccc1)C(=O)OC. The molecule has 1 saturated heterocycles. The number of amides is 7. The fourth-order valence-corrected chi connectivity index (χ4v) is 7.64. The average Bonchev–Trinajstić information content (AvgIpc) is 3.74. The molecule has 3 rings (SSSR count). The molecule has 1 fully saturated rings. The molecule has 2 aromatic rings. The number of rotatable bonds is 26. The number of esters is 1. The maximum absolute atomic E-state index is 14.0. The molecule has 0 saturated carbocycles. The van der Waals surface area contributed by atoms with E-state index in [1.165, 1.54) is 7.11 Å². The van der Waals surface area contributed by atoms with E-state index >= 15 is 0 Å². The second-order valence-electron chi connectivity index (χ2n) is 17.0. The molecule has 0 spiro atoms. The van der Waals surface area contributed by atoms with Crippen molar-refractivity contribution < 1.29 is 53.3 Å². The van der Waals surface area contributed by atoms with E-state index in [2.05, 4.69) is 31.9 Å². The Morgan fingerprint density at radius 2 is 1.31 bits per heavy atom. The summed E-state index contributed by atoms with van der Waals surface area (Å²) in [5.41, 5.74) is 7.06. The van der Waals surface area contributed by atoms with Crippen molar-refractivity contribution in [3.05, 3.63) is 71.8 Å². The van der Waals surface area contributed by atoms with Crippen LogP contribution in [0.1, 0.15) is 77.8 Å². The number of likely N-dealkylation sites (tertiary alicyclic amines) is 1. The summed E-state index contributed by atoms with van der Waals surface area (Å²) >= 11 is 0. The maximum Gasteiger partial charge on any atom is 0.328 e. The number of ether oxygens (including phenoxy) is 1. The lowest BCUT2D eigenvalue weighted by molar-refractivity contribution is -0.145. The minimum absolute atomic E-state index is 0.0890. The van der Waals surface area contributed by atoms with E-state index in [1.807, 2.05) is 44.2 Å². The fourth-order valence-electron chi connectivity index (χ4n) is 7.64. The molecule has 10 N–H and O–H groups in total. The van der Waals surface area contributed by atoms with Crippen LogP contribution in [0.2, 0.25) is 0 Å². The van der Waals surface area contributed by atoms with Gasteiger partial charge in [0, 0.05) is 19.9 Å². The third-order valence-corrected chi connectivity index (χ3v) is 11.3. The first-order valence-corrected chi connectivity index (χ1v) is 22.1. The summed E-state index contributed by atoms with van der Waals surface area (Å²) in [5, 5.41) is 37.3. The van der Waals surface area contributed by atoms with Gasteiger partial charge in [-0.15, -0.1) is 0 Å². The van der Waals surface area contributed by atoms with E-state index in [4.69, 9.17) is 10.5 Å². The summed E-state index contributed by atoms with van der Waals surface area (Å²) in [4.78, 5) is 107. The van der Waals surface area contributed by atoms with Gasteiger partial charge in [0.25, 0.3) is 0 Å². The van der Waals surface area contributed by atoms with Gasteiger partial charge >= 0.3 is 5.97 Å². The van der Waals surface area contributed by atoms with Crippen molar-refractivity contribution >= 4 is 47.3 Å². The highest BCUT2D eigenvalue weighted by molar-refractivity contribution is 5.96. The van der Waals surface area contributed by atoms with Gasteiger partial charge in [0.05, 0.1) is 38.3 Å². The van der Waals surface area contributed by atoms with Gasteiger partial charge in [-0.25, -0.2) is 4.79 Å². The van der Waals surface area contributed by atoms with Gasteiger partial charge in [-0.05, 0) is 55.2 Å². The highest BCUT2D eigenvalue weighted by Gasteiger charge is 2.38. The number of primary amides is 1. The Hall–Kier alpha value is -5.92. The molecule has 1 heterocycles. The smallest absolute Gasteiger partial charge is 0.328 e. The monoisotopic (exact) mass is 909 g/mol. The molecular formula is C46H68N8O11. The highest BCUT2D eigenvalue weighted by Crippen LogP contribution is 2.21. The van der Waals surface area contributed by atoms with Crippen LogP contribution in [0, 0.1) is 11.8 Å². The van der Waals surface area contributed by atoms with Crippen LogP contribution in [0.25, 0.3) is 0 Å². The molecule has 19 nitrogen and oxygen atoms in total. The van der Waals surface area contributed by atoms with Crippen LogP contribution in [-0.4, -0.2) is 138 Å². The molecule has 2 aromatic carbocycles. The molecule has 19 heteroatoms. The average molecular weight is 909 g/mol. The van der Waals surface area contributed by atoms with Gasteiger partial charge < -0.3 is 52.6 Å². The molecule has 0 radical (unpaired) electrons. The first kappa shape index (κ1) is 53.4. The van der Waals surface area contributed by atoms with Crippen molar-refractivity contribution in [2.24, 2.45) is 17.6 Å². The number of β-amino-alcohol motifs (C(OH)–C–C–N with tert-alkyl or cyclic N) is 1. The first-order valence-electron chi connectivity index (χ1n) is 22.1. The van der Waals surface area contributed by atoms with Crippen LogP contribution in [0.15, 0.2) is 60.7 Å². The van der Waals surface area contributed by atoms with Crippen LogP contribution in [0.5, 0.6) is 0 Å². The lowest BCUT2D eigenvalue weighted by Gasteiger charge is -2.33. The number of carbonyl (C=O) groups excluding carboxylic acids is 8. The summed E-state index contributed by atoms with van der Waals surface area (Å²) < 4.78 is 4.98. The normalized spacial score (nSPS) is 17.5. The number of nitrogens with two attached hydrogens (primary N) is 1. The second kappa shape index (κ2) is 26.8. The standard InChI is InChI=1S/C46H68N8O11/c1-7-28(4)40(45(63)52-35(46(64)65-6)23-31-17-12-9-13-18-31)53-44(62)37-19-14-20-54(37)25-38(57)32(22-30-15-10-8-11-16-30)49-42(60)34(24-39(47)58)51-41(59)33(21-27(2)3)50-43(61)36(26-55)48-29(5)56/h8-13,15-18,27-28,32-38,40,55,57H,7,14,19-26H2,1-6H3,(H2,47,58)(H,48,56)(H,49,60)(H,50,61)(H,51,59)(H,52,63)(H,53,62)/t28-,32-,33-,34-,35-,36-,37?,38+,40-/m0/s1. The molecule has 358 valence electrons. The molecule has 0 bridgehead atoms. The minimum Gasteiger partial charge on any atom is -0.467 e. The number of aliphatic hydroxyl groups is 2. The quantitative estimate of drug-likeness (QED) is 0.0533. The van der Waals surface area contributed by atoms with E-state index < -0.39 is 109 Å². The Labute approximate surface area is 380 Å². The van der Waals surface area contributed by atoms with E-state index in [9.17, 15) is 48.6 Å². The summed E-state index contributed by atoms with van der Waals surface area (Å²) in [7, 11) is 1.23. The van der Waals surface area contributed by atoms with Crippen molar-refractivity contribution in [1.82, 2.24) is 36.8 Å². The summed E-state index contributed by atoms with van der Waals surface area (Å²) in [6.07, 6.45) is -0.0397. The summed E-state index contributed by atoms with van der Waals surface area (Å²) in [6, 6.07) is 10.2. The van der Waals surface area contributed by atoms with Gasteiger partial charge in [-0.2, -0.15) is 0 Å². The molecule has 1 aliphatic rings. The molecule has 1 aliphatic heterocycles. The Balaban J connectivity index is 1.82. The first-order chi connectivity index (χ1) is 30.9. The summed E-state index contributed by atoms with van der Waals surface area (Å²) in [6.45, 7) is 8.01. The van der Waals surface area contributed by atoms with Crippen LogP contribution < -0.4 is 37.6 Å². The lowest BCUT2D eigenvalue weighted by atomic mass is 9.96. The van der Waals surface area contributed by atoms with Crippen LogP contribution in [0.3, 0.4) is 0 Å². The number of carbonyl (C=O) groups is 8. The third kappa shape index (κ3) is 17.5. The van der Waals surface area contributed by atoms with E-state index in [-0.39, 0.29) is 37.6 Å². The molecule has 1 unspecified atom stereocenters. The number of nitrogens with one attached hydrogen (secondary N) is 6. The van der Waals surface area contributed by atoms with Gasteiger partial charge in [-0.3, -0.25) is 38.5 Å². The van der Waals surface area contributed by atoms with Gasteiger partial charge in [-0.1, -0.05) is 94.8 Å². The molecule has 9 atom stereocenters. The van der Waals surface area contributed by atoms with Crippen molar-refractivity contribution in [3.8, 4) is 0 Å². The summed E-state index contributed by atoms with van der Waals surface area (Å²) in [5.74, 6) is -6.15. The van der Waals surface area contributed by atoms with Gasteiger partial charge in [0.15, 0.2) is 0 Å². The fraction of sp³-hybridized carbons (Fsp3) is 0.565. The van der Waals surface area contributed by atoms with Crippen molar-refractivity contribution in [3.63, 3.8) is 0 Å². The van der Waals surface area contributed by atoms with Crippen LogP contribution in [-0.2, 0) is 55.9 Å². The Kier molecular flexibility index (Phi) is 22.0. The topological polar surface area (TPSA) is 288 Å². The number of nitrogens with zero attached hydrogens (tertiary/aromatic N) is 1. The van der Waals surface area contributed by atoms with Gasteiger partial charge in [0.2, 0.25) is 41.4 Å². The molecule has 0 aliphatic carbocycles. The number of hydrogen-bond donors (Lipinski definition) is 9. The Morgan fingerprint density at radius 1 is 0.754 bits per heavy atom. The van der Waals surface area contributed by atoms with Crippen molar-refractivity contribution in [1.29, 1.82) is 0 Å². The molecule has 0 aromatic heterocycles. The number of aliphatic hydroxyl groups excluding tert-OH is 2. The Morgan fingerprint density at radius 3 is 1.85 bits per heavy atom. The number of benzene rings is 2. The van der Waals surface area contributed by atoms with E-state index in [0.29, 0.717) is 25.8 Å². The predicted molar refractivity (Wildman–Crippen MR) is 240 cm³/mol. The Bertz CT molecular complexity index is 1900. The minimum atomic E-state index is -1.54.